The Labute approximate surface area is 259 Å². The number of nitrogens with zero attached hydrogens (tertiary/aromatic N) is 2. The van der Waals surface area contributed by atoms with Crippen molar-refractivity contribution in [3.8, 4) is 11.4 Å². The van der Waals surface area contributed by atoms with Crippen molar-refractivity contribution in [3.05, 3.63) is 47.8 Å². The Morgan fingerprint density at radius 2 is 1.08 bits per heavy atom. The molecule has 0 fully saturated rings. The van der Waals surface area contributed by atoms with Crippen LogP contribution in [-0.2, 0) is 22.4 Å². The van der Waals surface area contributed by atoms with Crippen LogP contribution in [0.25, 0.3) is 11.4 Å². The van der Waals surface area contributed by atoms with E-state index in [4.69, 9.17) is 0 Å². The maximum Gasteiger partial charge on any atom is 0.460 e. The van der Waals surface area contributed by atoms with Crippen LogP contribution in [0, 0.1) is 0 Å². The Bertz CT molecular complexity index is 1380. The molecule has 1 aromatic carbocycles. The molecule has 0 saturated heterocycles. The highest BCUT2D eigenvalue weighted by molar-refractivity contribution is 5.69. The van der Waals surface area contributed by atoms with Crippen molar-refractivity contribution >= 4 is 5.97 Å². The van der Waals surface area contributed by atoms with Crippen LogP contribution < -0.4 is 0 Å². The fraction of sp³-hybridized carbons (Fsp3) is 0.593. The first-order chi connectivity index (χ1) is 21.6. The number of rotatable bonds is 16. The van der Waals surface area contributed by atoms with Crippen LogP contribution in [0.1, 0.15) is 43.7 Å². The molecule has 0 saturated carbocycles. The van der Waals surface area contributed by atoms with Crippen LogP contribution in [0.2, 0.25) is 0 Å². The molecular weight excluding hydrogens is 707 g/mol. The number of unbranched alkanes of at least 4 members (excludes halogenated alkanes) is 1. The molecule has 1 heterocycles. The van der Waals surface area contributed by atoms with Gasteiger partial charge in [0.15, 0.2) is 5.82 Å². The first kappa shape index (κ1) is 40.8. The smallest absolute Gasteiger partial charge is 0.460 e. The van der Waals surface area contributed by atoms with Crippen LogP contribution in [0.5, 0.6) is 0 Å². The quantitative estimate of drug-likeness (QED) is 0.128. The molecule has 0 radical (unpaired) electrons. The van der Waals surface area contributed by atoms with Crippen molar-refractivity contribution in [1.82, 2.24) is 9.97 Å². The van der Waals surface area contributed by atoms with E-state index < -0.39 is 73.1 Å². The predicted octanol–water partition coefficient (Wildman–Crippen LogP) is 9.36. The molecule has 48 heavy (non-hydrogen) atoms. The number of carbonyl (C=O) groups is 1. The highest BCUT2D eigenvalue weighted by atomic mass is 19.4. The molecule has 0 N–H and O–H groups in total. The highest BCUT2D eigenvalue weighted by Crippen LogP contribution is 2.64. The lowest BCUT2D eigenvalue weighted by Crippen LogP contribution is -2.74. The molecule has 1 aromatic heterocycles. The summed E-state index contributed by atoms with van der Waals surface area (Å²) in [7, 11) is 0. The lowest BCUT2D eigenvalue weighted by atomic mass is 9.88. The van der Waals surface area contributed by atoms with Gasteiger partial charge in [-0.3, -0.25) is 4.79 Å². The molecule has 0 aliphatic heterocycles. The number of halogens is 17. The summed E-state index contributed by atoms with van der Waals surface area (Å²) < 4.78 is 231. The van der Waals surface area contributed by atoms with Crippen LogP contribution >= 0.6 is 0 Å². The number of hydrogen-bond acceptors (Lipinski definition) is 4. The van der Waals surface area contributed by atoms with E-state index in [-0.39, 0.29) is 6.42 Å². The fourth-order valence-corrected chi connectivity index (χ4v) is 3.80. The van der Waals surface area contributed by atoms with Gasteiger partial charge in [0.2, 0.25) is 0 Å². The van der Waals surface area contributed by atoms with Gasteiger partial charge in [-0.15, -0.1) is 0 Å². The lowest BCUT2D eigenvalue weighted by molar-refractivity contribution is -0.461. The number of ether oxygens (including phenoxy) is 1. The molecule has 0 aliphatic rings. The third-order valence-electron chi connectivity index (χ3n) is 6.82. The molecule has 21 heteroatoms. The van der Waals surface area contributed by atoms with Gasteiger partial charge in [0.1, 0.15) is 0 Å². The van der Waals surface area contributed by atoms with Gasteiger partial charge < -0.3 is 4.74 Å². The van der Waals surface area contributed by atoms with E-state index in [0.717, 1.165) is 24.8 Å². The maximum absolute atomic E-state index is 14.0. The van der Waals surface area contributed by atoms with Gasteiger partial charge in [-0.2, -0.15) is 74.6 Å². The van der Waals surface area contributed by atoms with E-state index in [1.807, 2.05) is 6.92 Å². The van der Waals surface area contributed by atoms with Crippen molar-refractivity contribution in [3.63, 3.8) is 0 Å². The average molecular weight is 730 g/mol. The van der Waals surface area contributed by atoms with E-state index in [9.17, 15) is 79.4 Å². The number of aryl methyl sites for hydroxylation is 2. The summed E-state index contributed by atoms with van der Waals surface area (Å²) in [6.07, 6.45) is -5.62. The minimum absolute atomic E-state index is 0.196. The monoisotopic (exact) mass is 730 g/mol. The van der Waals surface area contributed by atoms with Crippen molar-refractivity contribution in [1.29, 1.82) is 0 Å². The summed E-state index contributed by atoms with van der Waals surface area (Å²) >= 11 is 0. The third-order valence-corrected chi connectivity index (χ3v) is 6.82. The molecule has 0 aliphatic carbocycles. The zero-order chi connectivity index (χ0) is 37.2. The van der Waals surface area contributed by atoms with E-state index in [2.05, 4.69) is 14.7 Å². The molecule has 272 valence electrons. The molecule has 0 bridgehead atoms. The number of benzene rings is 1. The second-order valence-corrected chi connectivity index (χ2v) is 10.3. The van der Waals surface area contributed by atoms with Crippen LogP contribution in [0.15, 0.2) is 36.7 Å². The zero-order valence-corrected chi connectivity index (χ0v) is 24.1. The average Bonchev–Trinajstić information content (AvgIpc) is 2.98. The van der Waals surface area contributed by atoms with Crippen LogP contribution in [0.3, 0.4) is 0 Å². The highest BCUT2D eigenvalue weighted by Gasteiger charge is 2.95. The van der Waals surface area contributed by atoms with Gasteiger partial charge in [-0.25, -0.2) is 9.97 Å². The van der Waals surface area contributed by atoms with Crippen molar-refractivity contribution in [2.24, 2.45) is 0 Å². The van der Waals surface area contributed by atoms with E-state index in [0.29, 0.717) is 17.0 Å². The minimum atomic E-state index is -8.70. The zero-order valence-electron chi connectivity index (χ0n) is 24.1. The number of carbonyl (C=O) groups excluding carboxylic acids is 1. The number of alkyl halides is 17. The molecule has 0 amide bonds. The van der Waals surface area contributed by atoms with Gasteiger partial charge in [-0.05, 0) is 30.4 Å². The predicted molar refractivity (Wildman–Crippen MR) is 131 cm³/mol. The summed E-state index contributed by atoms with van der Waals surface area (Å²) in [4.78, 5) is 20.3. The molecule has 2 aromatic rings. The molecule has 0 atom stereocenters. The standard InChI is InChI=1S/C27H23F17N2O2/c1-2-3-4-16-13-45-19(46-14-16)17-8-5-15(6-9-17)7-10-18(47)48-12-11-20(28,29)21(30,31)22(32,33)23(34,35)24(36,37)25(38,39)26(40,41)27(42,43)44/h5-6,8-9,13-14H,2-4,7,10-12H2,1H3. The molecule has 4 nitrogen and oxygen atoms in total. The Morgan fingerprint density at radius 3 is 1.54 bits per heavy atom. The fourth-order valence-electron chi connectivity index (χ4n) is 3.80. The van der Waals surface area contributed by atoms with Gasteiger partial charge in [0.25, 0.3) is 0 Å². The lowest BCUT2D eigenvalue weighted by Gasteiger charge is -2.42. The first-order valence-corrected chi connectivity index (χ1v) is 13.4. The molecule has 0 spiro atoms. The van der Waals surface area contributed by atoms with E-state index in [1.54, 1.807) is 12.4 Å². The number of esters is 1. The Kier molecular flexibility index (Phi) is 11.7. The van der Waals surface area contributed by atoms with Gasteiger partial charge in [-0.1, -0.05) is 37.6 Å². The van der Waals surface area contributed by atoms with Crippen LogP contribution in [0.4, 0.5) is 74.6 Å². The summed E-state index contributed by atoms with van der Waals surface area (Å²) in [6.45, 7) is 0.0260. The molecule has 2 rings (SSSR count). The number of aromatic nitrogens is 2. The van der Waals surface area contributed by atoms with Crippen molar-refractivity contribution < 1.29 is 84.2 Å². The second-order valence-electron chi connectivity index (χ2n) is 10.3. The molecule has 0 unspecified atom stereocenters. The third kappa shape index (κ3) is 7.42. The van der Waals surface area contributed by atoms with E-state index in [1.165, 1.54) is 24.3 Å². The molecular formula is C27H23F17N2O2. The van der Waals surface area contributed by atoms with Crippen LogP contribution in [-0.4, -0.2) is 70.2 Å². The Morgan fingerprint density at radius 1 is 0.625 bits per heavy atom. The largest absolute Gasteiger partial charge is 0.465 e. The minimum Gasteiger partial charge on any atom is -0.465 e. The topological polar surface area (TPSA) is 52.1 Å². The second kappa shape index (κ2) is 13.8. The maximum atomic E-state index is 14.0. The SMILES string of the molecule is CCCCc1cnc(-c2ccc(CCC(=O)OCCC(F)(F)C(F)(F)C(F)(F)C(F)(F)C(F)(F)C(F)(F)C(F)(F)C(F)(F)F)cc2)nc1. The Balaban J connectivity index is 2.06. The van der Waals surface area contributed by atoms with Gasteiger partial charge >= 0.3 is 53.6 Å². The summed E-state index contributed by atoms with van der Waals surface area (Å²) in [6, 6.07) is 6.00. The van der Waals surface area contributed by atoms with E-state index >= 15 is 0 Å². The van der Waals surface area contributed by atoms with Crippen molar-refractivity contribution in [2.45, 2.75) is 93.1 Å². The Hall–Kier alpha value is -3.42. The number of hydrogen-bond donors (Lipinski definition) is 0. The first-order valence-electron chi connectivity index (χ1n) is 13.4. The normalized spacial score (nSPS) is 14.3. The summed E-state index contributed by atoms with van der Waals surface area (Å²) in [5, 5.41) is 0. The summed E-state index contributed by atoms with van der Waals surface area (Å²) in [5.74, 6) is -58.1. The van der Waals surface area contributed by atoms with Gasteiger partial charge in [0.05, 0.1) is 13.0 Å². The summed E-state index contributed by atoms with van der Waals surface area (Å²) in [5.41, 5.74) is 1.86. The van der Waals surface area contributed by atoms with Gasteiger partial charge in [0, 0.05) is 24.4 Å². The van der Waals surface area contributed by atoms with Crippen molar-refractivity contribution in [2.75, 3.05) is 6.61 Å².